The molecule has 4 heterocycles. The van der Waals surface area contributed by atoms with E-state index < -0.39 is 0 Å². The molecule has 4 N–H and O–H groups in total. The van der Waals surface area contributed by atoms with Crippen molar-refractivity contribution < 1.29 is 14.3 Å². The highest BCUT2D eigenvalue weighted by Gasteiger charge is 2.09. The number of benzene rings is 4. The Bertz CT molecular complexity index is 1620. The minimum Gasteiger partial charge on any atom is -0.391 e. The zero-order valence-corrected chi connectivity index (χ0v) is 21.0. The number of ether oxygens (including phenoxy) is 2. The van der Waals surface area contributed by atoms with Crippen molar-refractivity contribution in [3.8, 4) is 24.0 Å². The van der Waals surface area contributed by atoms with Gasteiger partial charge in [-0.05, 0) is 48.5 Å². The third-order valence-corrected chi connectivity index (χ3v) is 5.86. The van der Waals surface area contributed by atoms with E-state index >= 15 is 0 Å². The van der Waals surface area contributed by atoms with Gasteiger partial charge in [-0.1, -0.05) is 48.5 Å². The van der Waals surface area contributed by atoms with Crippen LogP contribution in [0.15, 0.2) is 97.1 Å². The summed E-state index contributed by atoms with van der Waals surface area (Å²) in [6.07, 6.45) is 0. The molecule has 0 aliphatic rings. The standard InChI is InChI=1S/2C14H10N4O.CH2O/c2*1-2-6-10-9(5-1)15-13(16-10)19-14-17-11-7-3-4-8-12(11)18-14;1-2/h2*1-8H,(H,15,16)(H,17,18);1H2. The third-order valence-electron chi connectivity index (χ3n) is 5.86. The zero-order valence-electron chi connectivity index (χ0n) is 21.0. The van der Waals surface area contributed by atoms with E-state index in [4.69, 9.17) is 14.3 Å². The van der Waals surface area contributed by atoms with E-state index in [9.17, 15) is 0 Å². The van der Waals surface area contributed by atoms with Crippen LogP contribution >= 0.6 is 0 Å². The zero-order chi connectivity index (χ0) is 27.3. The molecular weight excluding hydrogens is 508 g/mol. The molecule has 0 aliphatic carbocycles. The summed E-state index contributed by atoms with van der Waals surface area (Å²) in [6.45, 7) is 2.00. The molecule has 4 aromatic heterocycles. The third kappa shape index (κ3) is 5.07. The van der Waals surface area contributed by atoms with Gasteiger partial charge in [0.15, 0.2) is 0 Å². The second-order valence-electron chi connectivity index (χ2n) is 8.44. The van der Waals surface area contributed by atoms with Crippen LogP contribution in [0.2, 0.25) is 0 Å². The molecule has 0 bridgehead atoms. The lowest BCUT2D eigenvalue weighted by Gasteiger charge is -1.94. The van der Waals surface area contributed by atoms with Crippen molar-refractivity contribution in [2.75, 3.05) is 0 Å². The van der Waals surface area contributed by atoms with Crippen molar-refractivity contribution >= 4 is 50.9 Å². The normalized spacial score (nSPS) is 10.7. The van der Waals surface area contributed by atoms with E-state index in [1.54, 1.807) is 0 Å². The number of imidazole rings is 4. The van der Waals surface area contributed by atoms with Gasteiger partial charge in [0.05, 0.1) is 44.1 Å². The van der Waals surface area contributed by atoms with Crippen molar-refractivity contribution in [1.82, 2.24) is 39.9 Å². The smallest absolute Gasteiger partial charge is 0.302 e. The van der Waals surface area contributed by atoms with Crippen LogP contribution in [0.4, 0.5) is 0 Å². The second kappa shape index (κ2) is 10.8. The maximum atomic E-state index is 8.00. The van der Waals surface area contributed by atoms with Crippen molar-refractivity contribution in [3.63, 3.8) is 0 Å². The van der Waals surface area contributed by atoms with Crippen LogP contribution in [-0.4, -0.2) is 46.7 Å². The molecule has 0 radical (unpaired) electrons. The van der Waals surface area contributed by atoms with Crippen molar-refractivity contribution in [2.45, 2.75) is 0 Å². The Balaban J connectivity index is 0.000000136. The summed E-state index contributed by atoms with van der Waals surface area (Å²) in [4.78, 5) is 37.7. The van der Waals surface area contributed by atoms with E-state index in [0.29, 0.717) is 24.0 Å². The molecule has 0 amide bonds. The number of nitrogens with zero attached hydrogens (tertiary/aromatic N) is 4. The van der Waals surface area contributed by atoms with Gasteiger partial charge in [0.1, 0.15) is 6.79 Å². The Labute approximate surface area is 226 Å². The summed E-state index contributed by atoms with van der Waals surface area (Å²) in [5.74, 6) is 0. The van der Waals surface area contributed by atoms with Gasteiger partial charge < -0.3 is 34.2 Å². The van der Waals surface area contributed by atoms with Gasteiger partial charge in [-0.25, -0.2) is 0 Å². The molecular formula is C29H22N8O3. The van der Waals surface area contributed by atoms with Crippen LogP contribution in [0, 0.1) is 0 Å². The average Bonchev–Trinajstić information content (AvgIpc) is 3.77. The van der Waals surface area contributed by atoms with Gasteiger partial charge >= 0.3 is 24.0 Å². The minimum atomic E-state index is 0.431. The molecule has 0 aliphatic heterocycles. The fourth-order valence-electron chi connectivity index (χ4n) is 4.09. The molecule has 0 saturated heterocycles. The van der Waals surface area contributed by atoms with Crippen LogP contribution in [0.3, 0.4) is 0 Å². The molecule has 11 heteroatoms. The number of carbonyl (C=O) groups is 1. The fourth-order valence-corrected chi connectivity index (χ4v) is 4.09. The summed E-state index contributed by atoms with van der Waals surface area (Å²) in [6, 6.07) is 32.8. The van der Waals surface area contributed by atoms with Gasteiger partial charge in [-0.3, -0.25) is 0 Å². The first kappa shape index (κ1) is 24.4. The largest absolute Gasteiger partial charge is 0.391 e. The van der Waals surface area contributed by atoms with E-state index in [-0.39, 0.29) is 0 Å². The lowest BCUT2D eigenvalue weighted by Crippen LogP contribution is -1.87. The van der Waals surface area contributed by atoms with Crippen LogP contribution in [0.1, 0.15) is 0 Å². The Morgan fingerprint density at radius 3 is 0.850 bits per heavy atom. The first-order valence-electron chi connectivity index (χ1n) is 12.2. The van der Waals surface area contributed by atoms with Gasteiger partial charge in [-0.2, -0.15) is 19.9 Å². The molecule has 0 saturated carbocycles. The number of aromatic amines is 4. The fraction of sp³-hybridized carbons (Fsp3) is 0. The molecule has 40 heavy (non-hydrogen) atoms. The van der Waals surface area contributed by atoms with E-state index in [1.807, 2.05) is 104 Å². The Morgan fingerprint density at radius 2 is 0.625 bits per heavy atom. The molecule has 8 rings (SSSR count). The quantitative estimate of drug-likeness (QED) is 0.209. The Kier molecular flexibility index (Phi) is 6.58. The van der Waals surface area contributed by atoms with Crippen molar-refractivity contribution in [2.24, 2.45) is 0 Å². The summed E-state index contributed by atoms with van der Waals surface area (Å²) in [7, 11) is 0. The molecule has 0 fully saturated rings. The topological polar surface area (TPSA) is 150 Å². The highest BCUT2D eigenvalue weighted by atomic mass is 16.5. The Morgan fingerprint density at radius 1 is 0.400 bits per heavy atom. The van der Waals surface area contributed by atoms with Gasteiger partial charge in [0, 0.05) is 0 Å². The number of rotatable bonds is 4. The van der Waals surface area contributed by atoms with Crippen LogP contribution in [-0.2, 0) is 4.79 Å². The Hall–Kier alpha value is -5.97. The van der Waals surface area contributed by atoms with Crippen LogP contribution < -0.4 is 9.47 Å². The van der Waals surface area contributed by atoms with Gasteiger partial charge in [0.2, 0.25) is 0 Å². The lowest BCUT2D eigenvalue weighted by molar-refractivity contribution is -0.0980. The SMILES string of the molecule is C=O.c1ccc2[nH]c(Oc3nc4ccccc4[nH]3)nc2c1.c1ccc2[nH]c(Oc3nc4ccccc4[nH]3)nc2c1. The van der Waals surface area contributed by atoms with E-state index in [1.165, 1.54) is 0 Å². The highest BCUT2D eigenvalue weighted by molar-refractivity contribution is 5.78. The second-order valence-corrected chi connectivity index (χ2v) is 8.44. The molecule has 8 aromatic rings. The molecule has 196 valence electrons. The minimum absolute atomic E-state index is 0.431. The summed E-state index contributed by atoms with van der Waals surface area (Å²) < 4.78 is 11.2. The predicted molar refractivity (Wildman–Crippen MR) is 152 cm³/mol. The van der Waals surface area contributed by atoms with Gasteiger partial charge in [0.25, 0.3) is 0 Å². The van der Waals surface area contributed by atoms with Gasteiger partial charge in [-0.15, -0.1) is 0 Å². The van der Waals surface area contributed by atoms with Crippen LogP contribution in [0.25, 0.3) is 44.1 Å². The van der Waals surface area contributed by atoms with E-state index in [2.05, 4.69) is 39.9 Å². The molecule has 0 atom stereocenters. The average molecular weight is 531 g/mol. The maximum Gasteiger partial charge on any atom is 0.302 e. The van der Waals surface area contributed by atoms with Crippen molar-refractivity contribution in [3.05, 3.63) is 97.1 Å². The predicted octanol–water partition coefficient (Wildman–Crippen LogP) is 6.28. The summed E-state index contributed by atoms with van der Waals surface area (Å²) >= 11 is 0. The number of hydrogen-bond donors (Lipinski definition) is 4. The number of nitrogens with one attached hydrogen (secondary N) is 4. The number of carbonyl (C=O) groups excluding carboxylic acids is 1. The first-order chi connectivity index (χ1) is 19.8. The number of aromatic nitrogens is 8. The molecule has 0 unspecified atom stereocenters. The number of para-hydroxylation sites is 8. The lowest BCUT2D eigenvalue weighted by atomic mass is 10.3. The molecule has 11 nitrogen and oxygen atoms in total. The van der Waals surface area contributed by atoms with Crippen molar-refractivity contribution in [1.29, 1.82) is 0 Å². The van der Waals surface area contributed by atoms with Crippen LogP contribution in [0.5, 0.6) is 24.0 Å². The number of H-pyrrole nitrogens is 4. The highest BCUT2D eigenvalue weighted by Crippen LogP contribution is 2.23. The number of hydrogen-bond acceptors (Lipinski definition) is 7. The number of fused-ring (bicyclic) bond motifs is 4. The first-order valence-corrected chi connectivity index (χ1v) is 12.2. The molecule has 0 spiro atoms. The maximum absolute atomic E-state index is 8.00. The van der Waals surface area contributed by atoms with E-state index in [0.717, 1.165) is 44.1 Å². The monoisotopic (exact) mass is 530 g/mol. The summed E-state index contributed by atoms with van der Waals surface area (Å²) in [5.41, 5.74) is 7.23. The summed E-state index contributed by atoms with van der Waals surface area (Å²) in [5, 5.41) is 0. The molecule has 4 aromatic carbocycles.